The Kier molecular flexibility index (Phi) is 9.42. The molecule has 0 aromatic rings. The Labute approximate surface area is 180 Å². The fourth-order valence-electron chi connectivity index (χ4n) is 4.90. The Bertz CT molecular complexity index is 584. The number of thioether (sulfide) groups is 1. The highest BCUT2D eigenvalue weighted by Gasteiger charge is 2.68. The van der Waals surface area contributed by atoms with E-state index in [9.17, 15) is 4.79 Å². The van der Waals surface area contributed by atoms with Gasteiger partial charge in [0.25, 0.3) is 0 Å². The topological polar surface area (TPSA) is 59.1 Å². The van der Waals surface area contributed by atoms with E-state index < -0.39 is 5.97 Å². The Hall–Kier alpha value is -0.960. The summed E-state index contributed by atoms with van der Waals surface area (Å²) in [7, 11) is 0. The van der Waals surface area contributed by atoms with Gasteiger partial charge in [0.05, 0.1) is 12.2 Å². The van der Waals surface area contributed by atoms with Gasteiger partial charge < -0.3 is 14.6 Å². The van der Waals surface area contributed by atoms with E-state index in [1.807, 2.05) is 0 Å². The molecule has 29 heavy (non-hydrogen) atoms. The highest BCUT2D eigenvalue weighted by atomic mass is 32.2. The molecule has 0 amide bonds. The minimum Gasteiger partial charge on any atom is -0.481 e. The van der Waals surface area contributed by atoms with Crippen molar-refractivity contribution in [3.8, 4) is 12.3 Å². The van der Waals surface area contributed by atoms with E-state index in [2.05, 4.69) is 29.8 Å². The van der Waals surface area contributed by atoms with Gasteiger partial charge in [-0.1, -0.05) is 25.0 Å². The second-order valence-electron chi connectivity index (χ2n) is 8.57. The van der Waals surface area contributed by atoms with E-state index in [0.717, 1.165) is 25.7 Å². The summed E-state index contributed by atoms with van der Waals surface area (Å²) in [6, 6.07) is 0. The Morgan fingerprint density at radius 3 is 2.41 bits per heavy atom. The van der Waals surface area contributed by atoms with Crippen LogP contribution in [0.1, 0.15) is 70.6 Å². The number of carboxylic acid groups (broad SMARTS) is 1. The van der Waals surface area contributed by atoms with Crippen LogP contribution in [0, 0.1) is 24.2 Å². The molecule has 3 rings (SSSR count). The van der Waals surface area contributed by atoms with E-state index in [1.165, 1.54) is 50.0 Å². The molecule has 0 aliphatic carbocycles. The largest absolute Gasteiger partial charge is 0.481 e. The Morgan fingerprint density at radius 1 is 0.931 bits per heavy atom. The predicted molar refractivity (Wildman–Crippen MR) is 118 cm³/mol. The second kappa shape index (κ2) is 12.0. The average molecular weight is 421 g/mol. The number of epoxide rings is 1. The highest BCUT2D eigenvalue weighted by molar-refractivity contribution is 7.99. The van der Waals surface area contributed by atoms with Crippen LogP contribution >= 0.6 is 11.8 Å². The minimum absolute atomic E-state index is 0.255. The SMILES string of the molecule is C#CCCCCCSCCCC[C@@H]1[C@H](CC=CCCCC(=O)O)[C@H]2O[C@@H]1[C@H]1O[C@H]12. The molecule has 5 heteroatoms. The van der Waals surface area contributed by atoms with Crippen molar-refractivity contribution in [3.63, 3.8) is 0 Å². The quantitative estimate of drug-likeness (QED) is 0.164. The van der Waals surface area contributed by atoms with Gasteiger partial charge in [-0.15, -0.1) is 12.3 Å². The number of unbranched alkanes of at least 4 members (excludes halogenated alkanes) is 5. The van der Waals surface area contributed by atoms with Crippen molar-refractivity contribution in [3.05, 3.63) is 12.2 Å². The van der Waals surface area contributed by atoms with E-state index in [0.29, 0.717) is 30.1 Å². The molecule has 0 saturated carbocycles. The molecule has 1 N–H and O–H groups in total. The van der Waals surface area contributed by atoms with Gasteiger partial charge >= 0.3 is 5.97 Å². The normalized spacial score (nSPS) is 31.8. The summed E-state index contributed by atoms with van der Waals surface area (Å²) in [5.41, 5.74) is 0. The van der Waals surface area contributed by atoms with Gasteiger partial charge in [0.15, 0.2) is 0 Å². The van der Waals surface area contributed by atoms with E-state index >= 15 is 0 Å². The molecule has 4 nitrogen and oxygen atoms in total. The Balaban J connectivity index is 1.29. The fourth-order valence-corrected chi connectivity index (χ4v) is 5.92. The lowest BCUT2D eigenvalue weighted by atomic mass is 9.75. The number of hydrogen-bond acceptors (Lipinski definition) is 4. The van der Waals surface area contributed by atoms with Crippen molar-refractivity contribution >= 4 is 17.7 Å². The molecule has 0 aromatic heterocycles. The van der Waals surface area contributed by atoms with Crippen LogP contribution < -0.4 is 0 Å². The van der Waals surface area contributed by atoms with Crippen LogP contribution in [-0.4, -0.2) is 47.0 Å². The zero-order valence-corrected chi connectivity index (χ0v) is 18.3. The van der Waals surface area contributed by atoms with Crippen LogP contribution in [0.15, 0.2) is 12.2 Å². The van der Waals surface area contributed by atoms with Crippen molar-refractivity contribution in [2.75, 3.05) is 11.5 Å². The maximum atomic E-state index is 10.6. The summed E-state index contributed by atoms with van der Waals surface area (Å²) in [5, 5.41) is 8.71. The molecule has 162 valence electrons. The number of rotatable bonds is 16. The van der Waals surface area contributed by atoms with Crippen molar-refractivity contribution < 1.29 is 19.4 Å². The summed E-state index contributed by atoms with van der Waals surface area (Å²) >= 11 is 2.08. The predicted octanol–water partition coefficient (Wildman–Crippen LogP) is 5.07. The second-order valence-corrected chi connectivity index (χ2v) is 9.80. The zero-order chi connectivity index (χ0) is 20.5. The molecular formula is C24H36O4S. The number of terminal acetylenes is 1. The van der Waals surface area contributed by atoms with E-state index in [4.69, 9.17) is 21.0 Å². The third kappa shape index (κ3) is 6.77. The first-order valence-corrected chi connectivity index (χ1v) is 12.6. The first-order chi connectivity index (χ1) is 14.2. The molecule has 3 fully saturated rings. The van der Waals surface area contributed by atoms with Crippen molar-refractivity contribution in [2.24, 2.45) is 11.8 Å². The molecule has 3 aliphatic heterocycles. The van der Waals surface area contributed by atoms with E-state index in [1.54, 1.807) is 0 Å². The number of carbonyl (C=O) groups is 1. The molecule has 0 radical (unpaired) electrons. The summed E-state index contributed by atoms with van der Waals surface area (Å²) in [5.74, 6) is 5.71. The average Bonchev–Trinajstić information content (AvgIpc) is 3.33. The zero-order valence-electron chi connectivity index (χ0n) is 17.5. The van der Waals surface area contributed by atoms with Crippen molar-refractivity contribution in [1.29, 1.82) is 0 Å². The maximum absolute atomic E-state index is 10.6. The molecule has 6 atom stereocenters. The van der Waals surface area contributed by atoms with Crippen LogP contribution in [0.2, 0.25) is 0 Å². The summed E-state index contributed by atoms with van der Waals surface area (Å²) in [6.07, 6.45) is 22.3. The van der Waals surface area contributed by atoms with Crippen molar-refractivity contribution in [2.45, 2.75) is 95.0 Å². The molecule has 3 aliphatic rings. The smallest absolute Gasteiger partial charge is 0.303 e. The van der Waals surface area contributed by atoms with Gasteiger partial charge in [-0.05, 0) is 68.3 Å². The molecule has 0 spiro atoms. The lowest BCUT2D eigenvalue weighted by Gasteiger charge is -2.25. The fraction of sp³-hybridized carbons (Fsp3) is 0.792. The van der Waals surface area contributed by atoms with E-state index in [-0.39, 0.29) is 12.5 Å². The van der Waals surface area contributed by atoms with Crippen LogP contribution in [0.25, 0.3) is 0 Å². The van der Waals surface area contributed by atoms with Crippen LogP contribution in [0.5, 0.6) is 0 Å². The monoisotopic (exact) mass is 420 g/mol. The van der Waals surface area contributed by atoms with Gasteiger partial charge in [0, 0.05) is 12.8 Å². The third-order valence-corrected chi connectivity index (χ3v) is 7.59. The van der Waals surface area contributed by atoms with Gasteiger partial charge in [-0.3, -0.25) is 4.79 Å². The van der Waals surface area contributed by atoms with Crippen LogP contribution in [0.4, 0.5) is 0 Å². The number of fused-ring (bicyclic) bond motifs is 5. The first kappa shape index (κ1) is 22.7. The Morgan fingerprint density at radius 2 is 1.66 bits per heavy atom. The molecule has 2 bridgehead atoms. The molecule has 0 unspecified atom stereocenters. The number of ether oxygens (including phenoxy) is 2. The molecule has 0 aromatic carbocycles. The molecular weight excluding hydrogens is 384 g/mol. The van der Waals surface area contributed by atoms with Crippen LogP contribution in [0.3, 0.4) is 0 Å². The van der Waals surface area contributed by atoms with Gasteiger partial charge in [-0.2, -0.15) is 11.8 Å². The highest BCUT2D eigenvalue weighted by Crippen LogP contribution is 2.56. The van der Waals surface area contributed by atoms with Gasteiger partial charge in [-0.25, -0.2) is 0 Å². The molecule has 3 heterocycles. The lowest BCUT2D eigenvalue weighted by Crippen LogP contribution is -2.32. The number of hydrogen-bond donors (Lipinski definition) is 1. The third-order valence-electron chi connectivity index (χ3n) is 6.44. The minimum atomic E-state index is -0.709. The number of allylic oxidation sites excluding steroid dienone is 2. The van der Waals surface area contributed by atoms with Crippen LogP contribution in [-0.2, 0) is 14.3 Å². The van der Waals surface area contributed by atoms with Crippen molar-refractivity contribution in [1.82, 2.24) is 0 Å². The summed E-state index contributed by atoms with van der Waals surface area (Å²) in [4.78, 5) is 10.6. The maximum Gasteiger partial charge on any atom is 0.303 e. The number of carboxylic acids is 1. The number of aliphatic carboxylic acids is 1. The standard InChI is InChI=1S/C24H36O4S/c1-2-3-4-7-11-16-29-17-12-10-14-19-18(13-8-5-6-9-15-20(25)26)21-23-24(28-23)22(19)27-21/h1,5,8,18-19,21-24H,3-4,6-7,9-17H2,(H,25,26)/t18-,19+,21+,22-,23-,24+/m0/s1. The lowest BCUT2D eigenvalue weighted by molar-refractivity contribution is -0.137. The first-order valence-electron chi connectivity index (χ1n) is 11.4. The summed E-state index contributed by atoms with van der Waals surface area (Å²) in [6.45, 7) is 0. The van der Waals surface area contributed by atoms with Gasteiger partial charge in [0.2, 0.25) is 0 Å². The molecule has 3 saturated heterocycles. The van der Waals surface area contributed by atoms with Gasteiger partial charge in [0.1, 0.15) is 12.2 Å². The summed E-state index contributed by atoms with van der Waals surface area (Å²) < 4.78 is 12.1.